The first-order valence-corrected chi connectivity index (χ1v) is 7.53. The third-order valence-electron chi connectivity index (χ3n) is 3.13. The van der Waals surface area contributed by atoms with Crippen LogP contribution in [-0.2, 0) is 11.2 Å². The fourth-order valence-electron chi connectivity index (χ4n) is 2.23. The molecule has 5 heteroatoms. The van der Waals surface area contributed by atoms with Crippen LogP contribution in [0.25, 0.3) is 0 Å². The monoisotopic (exact) mass is 279 g/mol. The summed E-state index contributed by atoms with van der Waals surface area (Å²) < 4.78 is 0. The molecule has 1 amide bonds. The quantitative estimate of drug-likeness (QED) is 0.812. The van der Waals surface area contributed by atoms with Crippen LogP contribution in [0.2, 0.25) is 0 Å². The molecule has 4 nitrogen and oxygen atoms in total. The number of aromatic carboxylic acids is 1. The molecule has 0 saturated carbocycles. The number of thioether (sulfide) groups is 1. The van der Waals surface area contributed by atoms with E-state index in [1.54, 1.807) is 23.1 Å². The number of carbonyl (C=O) groups excluding carboxylic acids is 1. The Hall–Kier alpha value is -1.49. The molecule has 1 aromatic carbocycles. The largest absolute Gasteiger partial charge is 0.478 e. The van der Waals surface area contributed by atoms with Crippen molar-refractivity contribution < 1.29 is 14.7 Å². The molecule has 0 atom stereocenters. The normalized spacial score (nSPS) is 13.7. The molecule has 19 heavy (non-hydrogen) atoms. The molecule has 1 aliphatic heterocycles. The highest BCUT2D eigenvalue weighted by Gasteiger charge is 2.27. The molecule has 0 bridgehead atoms. The minimum atomic E-state index is -0.951. The molecule has 0 aliphatic carbocycles. The number of fused-ring (bicyclic) bond motifs is 1. The number of hydrogen-bond donors (Lipinski definition) is 1. The van der Waals surface area contributed by atoms with Gasteiger partial charge in [0.15, 0.2) is 0 Å². The Morgan fingerprint density at radius 1 is 1.47 bits per heavy atom. The Balaban J connectivity index is 2.09. The van der Waals surface area contributed by atoms with Crippen molar-refractivity contribution in [2.24, 2.45) is 0 Å². The van der Waals surface area contributed by atoms with E-state index in [0.717, 1.165) is 29.2 Å². The summed E-state index contributed by atoms with van der Waals surface area (Å²) >= 11 is 1.86. The molecule has 1 N–H and O–H groups in total. The molecule has 0 spiro atoms. The van der Waals surface area contributed by atoms with Crippen LogP contribution in [0, 0.1) is 0 Å². The predicted octanol–water partition coefficient (Wildman–Crippen LogP) is 2.42. The fraction of sp³-hybridized carbons (Fsp3) is 0.429. The number of carboxylic acids is 1. The number of carbonyl (C=O) groups is 2. The SMILES string of the molecule is CCSCCCN1C(=O)Cc2cc(C(=O)O)ccc21. The predicted molar refractivity (Wildman–Crippen MR) is 77.1 cm³/mol. The van der Waals surface area contributed by atoms with Gasteiger partial charge in [-0.05, 0) is 41.7 Å². The zero-order valence-corrected chi connectivity index (χ0v) is 11.7. The molecule has 102 valence electrons. The van der Waals surface area contributed by atoms with Gasteiger partial charge in [-0.25, -0.2) is 4.79 Å². The first kappa shape index (κ1) is 13.9. The molecule has 1 aromatic rings. The molecular weight excluding hydrogens is 262 g/mol. The maximum Gasteiger partial charge on any atom is 0.335 e. The third-order valence-corrected chi connectivity index (χ3v) is 4.12. The minimum absolute atomic E-state index is 0.0686. The van der Waals surface area contributed by atoms with E-state index in [1.165, 1.54) is 0 Å². The summed E-state index contributed by atoms with van der Waals surface area (Å²) in [4.78, 5) is 24.6. The Morgan fingerprint density at radius 3 is 2.95 bits per heavy atom. The summed E-state index contributed by atoms with van der Waals surface area (Å²) in [6.07, 6.45) is 1.28. The Kier molecular flexibility index (Phi) is 4.47. The van der Waals surface area contributed by atoms with Crippen LogP contribution in [0.5, 0.6) is 0 Å². The van der Waals surface area contributed by atoms with Gasteiger partial charge in [0.2, 0.25) is 5.91 Å². The highest BCUT2D eigenvalue weighted by atomic mass is 32.2. The van der Waals surface area contributed by atoms with Gasteiger partial charge in [-0.15, -0.1) is 0 Å². The van der Waals surface area contributed by atoms with E-state index in [4.69, 9.17) is 5.11 Å². The Bertz CT molecular complexity index is 501. The zero-order chi connectivity index (χ0) is 13.8. The second kappa shape index (κ2) is 6.10. The van der Waals surface area contributed by atoms with Gasteiger partial charge in [-0.1, -0.05) is 6.92 Å². The van der Waals surface area contributed by atoms with Crippen LogP contribution in [0.1, 0.15) is 29.3 Å². The van der Waals surface area contributed by atoms with Gasteiger partial charge < -0.3 is 10.0 Å². The van der Waals surface area contributed by atoms with Gasteiger partial charge in [-0.2, -0.15) is 11.8 Å². The number of benzene rings is 1. The summed E-state index contributed by atoms with van der Waals surface area (Å²) in [5.74, 6) is 1.25. The highest BCUT2D eigenvalue weighted by Crippen LogP contribution is 2.30. The van der Waals surface area contributed by atoms with Crippen molar-refractivity contribution in [1.82, 2.24) is 0 Å². The fourth-order valence-corrected chi connectivity index (χ4v) is 2.85. The summed E-state index contributed by atoms with van der Waals surface area (Å²) in [5, 5.41) is 8.95. The van der Waals surface area contributed by atoms with E-state index >= 15 is 0 Å². The number of rotatable bonds is 6. The maximum atomic E-state index is 11.9. The average Bonchev–Trinajstić information content (AvgIpc) is 2.69. The highest BCUT2D eigenvalue weighted by molar-refractivity contribution is 7.99. The van der Waals surface area contributed by atoms with Crippen molar-refractivity contribution in [3.8, 4) is 0 Å². The second-order valence-corrected chi connectivity index (χ2v) is 5.82. The van der Waals surface area contributed by atoms with Gasteiger partial charge in [0, 0.05) is 12.2 Å². The average molecular weight is 279 g/mol. The molecule has 0 aromatic heterocycles. The number of nitrogens with zero attached hydrogens (tertiary/aromatic N) is 1. The lowest BCUT2D eigenvalue weighted by molar-refractivity contribution is -0.117. The zero-order valence-electron chi connectivity index (χ0n) is 10.9. The number of anilines is 1. The molecule has 2 rings (SSSR count). The van der Waals surface area contributed by atoms with Crippen LogP contribution < -0.4 is 4.90 Å². The topological polar surface area (TPSA) is 57.6 Å². The van der Waals surface area contributed by atoms with Crippen LogP contribution in [0.4, 0.5) is 5.69 Å². The summed E-state index contributed by atoms with van der Waals surface area (Å²) in [7, 11) is 0. The van der Waals surface area contributed by atoms with E-state index in [0.29, 0.717) is 13.0 Å². The molecule has 1 heterocycles. The van der Waals surface area contributed by atoms with Gasteiger partial charge in [0.25, 0.3) is 0 Å². The summed E-state index contributed by atoms with van der Waals surface area (Å²) in [6.45, 7) is 2.83. The van der Waals surface area contributed by atoms with Gasteiger partial charge in [0.1, 0.15) is 0 Å². The van der Waals surface area contributed by atoms with E-state index in [2.05, 4.69) is 6.92 Å². The molecule has 1 aliphatic rings. The van der Waals surface area contributed by atoms with Crippen molar-refractivity contribution in [3.63, 3.8) is 0 Å². The van der Waals surface area contributed by atoms with Gasteiger partial charge in [0.05, 0.1) is 12.0 Å². The standard InChI is InChI=1S/C14H17NO3S/c1-2-19-7-3-6-15-12-5-4-10(14(17)18)8-11(12)9-13(15)16/h4-5,8H,2-3,6-7,9H2,1H3,(H,17,18). The lowest BCUT2D eigenvalue weighted by atomic mass is 10.1. The van der Waals surface area contributed by atoms with E-state index < -0.39 is 5.97 Å². The van der Waals surface area contributed by atoms with E-state index in [1.807, 2.05) is 11.8 Å². The molecule has 0 unspecified atom stereocenters. The first-order chi connectivity index (χ1) is 9.13. The van der Waals surface area contributed by atoms with Crippen molar-refractivity contribution in [1.29, 1.82) is 0 Å². The Morgan fingerprint density at radius 2 is 2.26 bits per heavy atom. The molecule has 0 fully saturated rings. The molecular formula is C14H17NO3S. The van der Waals surface area contributed by atoms with Crippen LogP contribution >= 0.6 is 11.8 Å². The van der Waals surface area contributed by atoms with Crippen LogP contribution in [-0.4, -0.2) is 35.0 Å². The Labute approximate surface area is 116 Å². The summed E-state index contributed by atoms with van der Waals surface area (Å²) in [6, 6.07) is 4.92. The number of hydrogen-bond acceptors (Lipinski definition) is 3. The van der Waals surface area contributed by atoms with Gasteiger partial charge >= 0.3 is 5.97 Å². The lowest BCUT2D eigenvalue weighted by Gasteiger charge is -2.17. The maximum absolute atomic E-state index is 11.9. The first-order valence-electron chi connectivity index (χ1n) is 6.37. The lowest BCUT2D eigenvalue weighted by Crippen LogP contribution is -2.28. The van der Waals surface area contributed by atoms with Crippen molar-refractivity contribution in [2.45, 2.75) is 19.8 Å². The van der Waals surface area contributed by atoms with Crippen molar-refractivity contribution in [3.05, 3.63) is 29.3 Å². The third kappa shape index (κ3) is 3.10. The van der Waals surface area contributed by atoms with Crippen LogP contribution in [0.3, 0.4) is 0 Å². The number of amides is 1. The van der Waals surface area contributed by atoms with Crippen molar-refractivity contribution in [2.75, 3.05) is 23.0 Å². The van der Waals surface area contributed by atoms with E-state index in [-0.39, 0.29) is 11.5 Å². The van der Waals surface area contributed by atoms with Gasteiger partial charge in [-0.3, -0.25) is 4.79 Å². The number of carboxylic acid groups (broad SMARTS) is 1. The molecule has 0 saturated heterocycles. The molecule has 0 radical (unpaired) electrons. The smallest absolute Gasteiger partial charge is 0.335 e. The van der Waals surface area contributed by atoms with E-state index in [9.17, 15) is 9.59 Å². The summed E-state index contributed by atoms with van der Waals surface area (Å²) in [5.41, 5.74) is 1.94. The minimum Gasteiger partial charge on any atom is -0.478 e. The van der Waals surface area contributed by atoms with Crippen molar-refractivity contribution >= 4 is 29.3 Å². The second-order valence-electron chi connectivity index (χ2n) is 4.42. The van der Waals surface area contributed by atoms with Crippen LogP contribution in [0.15, 0.2) is 18.2 Å².